The van der Waals surface area contributed by atoms with Gasteiger partial charge in [-0.2, -0.15) is 0 Å². The van der Waals surface area contributed by atoms with Crippen LogP contribution in [-0.2, 0) is 4.79 Å². The summed E-state index contributed by atoms with van der Waals surface area (Å²) < 4.78 is 0. The molecule has 1 heterocycles. The lowest BCUT2D eigenvalue weighted by atomic mass is 10.1. The van der Waals surface area contributed by atoms with Crippen LogP contribution < -0.4 is 0 Å². The fraction of sp³-hybridized carbons (Fsp3) is 0.200. The Hall–Kier alpha value is -1.79. The van der Waals surface area contributed by atoms with Gasteiger partial charge in [0.1, 0.15) is 0 Å². The molecule has 0 saturated carbocycles. The molecule has 0 N–H and O–H groups in total. The van der Waals surface area contributed by atoms with Crippen molar-refractivity contribution in [3.05, 3.63) is 42.1 Å². The van der Waals surface area contributed by atoms with Gasteiger partial charge >= 0.3 is 0 Å². The fourth-order valence-corrected chi connectivity index (χ4v) is 2.05. The third-order valence-corrected chi connectivity index (χ3v) is 3.19. The van der Waals surface area contributed by atoms with E-state index in [1.54, 1.807) is 13.1 Å². The fourth-order valence-electron chi connectivity index (χ4n) is 1.55. The van der Waals surface area contributed by atoms with Crippen LogP contribution in [0.5, 0.6) is 0 Å². The monoisotopic (exact) mass is 255 g/mol. The van der Waals surface area contributed by atoms with Crippen LogP contribution in [0, 0.1) is 11.8 Å². The topological polar surface area (TPSA) is 30.0 Å². The van der Waals surface area contributed by atoms with E-state index in [0.717, 1.165) is 28.6 Å². The van der Waals surface area contributed by atoms with Crippen molar-refractivity contribution in [2.75, 3.05) is 5.75 Å². The van der Waals surface area contributed by atoms with Gasteiger partial charge in [0.2, 0.25) is 0 Å². The highest BCUT2D eigenvalue weighted by atomic mass is 32.2. The van der Waals surface area contributed by atoms with Gasteiger partial charge in [-0.1, -0.05) is 35.7 Å². The lowest BCUT2D eigenvalue weighted by molar-refractivity contribution is -0.109. The van der Waals surface area contributed by atoms with Crippen LogP contribution >= 0.6 is 11.8 Å². The van der Waals surface area contributed by atoms with Crippen LogP contribution in [0.25, 0.3) is 10.9 Å². The minimum Gasteiger partial charge on any atom is -0.288 e. The summed E-state index contributed by atoms with van der Waals surface area (Å²) >= 11 is 1.32. The Morgan fingerprint density at radius 2 is 2.28 bits per heavy atom. The minimum absolute atomic E-state index is 0.145. The van der Waals surface area contributed by atoms with Crippen molar-refractivity contribution in [3.8, 4) is 11.8 Å². The van der Waals surface area contributed by atoms with Crippen molar-refractivity contribution in [1.82, 2.24) is 4.98 Å². The Kier molecular flexibility index (Phi) is 4.38. The summed E-state index contributed by atoms with van der Waals surface area (Å²) in [5.74, 6) is 6.92. The molecule has 3 heteroatoms. The molecule has 0 atom stereocenters. The van der Waals surface area contributed by atoms with Crippen LogP contribution in [0.1, 0.15) is 18.9 Å². The summed E-state index contributed by atoms with van der Waals surface area (Å²) in [6.07, 6.45) is 2.51. The van der Waals surface area contributed by atoms with Crippen molar-refractivity contribution in [3.63, 3.8) is 0 Å². The summed E-state index contributed by atoms with van der Waals surface area (Å²) in [7, 11) is 0. The Morgan fingerprint density at radius 1 is 1.39 bits per heavy atom. The lowest BCUT2D eigenvalue weighted by Gasteiger charge is -1.96. The highest BCUT2D eigenvalue weighted by molar-refractivity contribution is 8.13. The van der Waals surface area contributed by atoms with E-state index in [4.69, 9.17) is 0 Å². The molecule has 2 nitrogen and oxygen atoms in total. The van der Waals surface area contributed by atoms with Gasteiger partial charge in [-0.25, -0.2) is 0 Å². The quantitative estimate of drug-likeness (QED) is 0.609. The highest BCUT2D eigenvalue weighted by Gasteiger charge is 1.94. The number of hydrogen-bond acceptors (Lipinski definition) is 3. The Morgan fingerprint density at radius 3 is 3.11 bits per heavy atom. The third-order valence-electron chi connectivity index (χ3n) is 2.37. The zero-order valence-corrected chi connectivity index (χ0v) is 11.0. The summed E-state index contributed by atoms with van der Waals surface area (Å²) in [6.45, 7) is 1.58. The maximum Gasteiger partial charge on any atom is 0.185 e. The zero-order chi connectivity index (χ0) is 12.8. The molecule has 0 bridgehead atoms. The second-order valence-corrected chi connectivity index (χ2v) is 5.07. The number of thioether (sulfide) groups is 1. The molecule has 0 spiro atoms. The summed E-state index contributed by atoms with van der Waals surface area (Å²) in [5.41, 5.74) is 1.93. The first kappa shape index (κ1) is 12.7. The number of benzene rings is 1. The van der Waals surface area contributed by atoms with Crippen molar-refractivity contribution >= 4 is 27.8 Å². The second kappa shape index (κ2) is 6.23. The molecule has 0 saturated heterocycles. The molecule has 0 fully saturated rings. The molecule has 0 radical (unpaired) electrons. The van der Waals surface area contributed by atoms with Crippen LogP contribution in [0.2, 0.25) is 0 Å². The van der Waals surface area contributed by atoms with Gasteiger partial charge in [0, 0.05) is 36.2 Å². The van der Waals surface area contributed by atoms with Crippen LogP contribution in [-0.4, -0.2) is 15.9 Å². The van der Waals surface area contributed by atoms with E-state index in [9.17, 15) is 4.79 Å². The highest BCUT2D eigenvalue weighted by Crippen LogP contribution is 2.12. The SMILES string of the molecule is CC(=O)SCCC#Cc1ccc2cccnc2c1. The zero-order valence-electron chi connectivity index (χ0n) is 10.1. The van der Waals surface area contributed by atoms with Crippen molar-refractivity contribution in [2.45, 2.75) is 13.3 Å². The molecule has 1 aromatic heterocycles. The maximum absolute atomic E-state index is 10.7. The number of aromatic nitrogens is 1. The summed E-state index contributed by atoms with van der Waals surface area (Å²) in [5, 5.41) is 1.27. The van der Waals surface area contributed by atoms with E-state index in [0.29, 0.717) is 0 Å². The average molecular weight is 255 g/mol. The van der Waals surface area contributed by atoms with Crippen molar-refractivity contribution < 1.29 is 4.79 Å². The van der Waals surface area contributed by atoms with Gasteiger partial charge < -0.3 is 0 Å². The molecule has 0 aliphatic rings. The van der Waals surface area contributed by atoms with Gasteiger partial charge in [-0.05, 0) is 18.2 Å². The van der Waals surface area contributed by atoms with Crippen LogP contribution in [0.15, 0.2) is 36.5 Å². The molecule has 0 amide bonds. The molecule has 1 aromatic carbocycles. The van der Waals surface area contributed by atoms with E-state index in [1.165, 1.54) is 11.8 Å². The van der Waals surface area contributed by atoms with Gasteiger partial charge in [0.15, 0.2) is 5.12 Å². The molecule has 0 unspecified atom stereocenters. The lowest BCUT2D eigenvalue weighted by Crippen LogP contribution is -1.84. The van der Waals surface area contributed by atoms with E-state index in [1.807, 2.05) is 30.3 Å². The van der Waals surface area contributed by atoms with Crippen molar-refractivity contribution in [2.24, 2.45) is 0 Å². The largest absolute Gasteiger partial charge is 0.288 e. The molecule has 90 valence electrons. The maximum atomic E-state index is 10.7. The first-order valence-corrected chi connectivity index (χ1v) is 6.71. The molecule has 18 heavy (non-hydrogen) atoms. The number of rotatable bonds is 2. The number of nitrogens with zero attached hydrogens (tertiary/aromatic N) is 1. The van der Waals surface area contributed by atoms with E-state index in [2.05, 4.69) is 16.8 Å². The number of pyridine rings is 1. The number of hydrogen-bond donors (Lipinski definition) is 0. The summed E-state index contributed by atoms with van der Waals surface area (Å²) in [4.78, 5) is 15.0. The van der Waals surface area contributed by atoms with Gasteiger partial charge in [0.25, 0.3) is 0 Å². The smallest absolute Gasteiger partial charge is 0.185 e. The van der Waals surface area contributed by atoms with E-state index >= 15 is 0 Å². The van der Waals surface area contributed by atoms with E-state index < -0.39 is 0 Å². The molecule has 0 aliphatic heterocycles. The normalized spacial score (nSPS) is 9.83. The second-order valence-electron chi connectivity index (χ2n) is 3.80. The number of carbonyl (C=O) groups is 1. The molecular weight excluding hydrogens is 242 g/mol. The van der Waals surface area contributed by atoms with Gasteiger partial charge in [-0.3, -0.25) is 9.78 Å². The van der Waals surface area contributed by atoms with Gasteiger partial charge in [0.05, 0.1) is 5.52 Å². The molecule has 2 rings (SSSR count). The molecular formula is C15H13NOS. The van der Waals surface area contributed by atoms with Gasteiger partial charge in [-0.15, -0.1) is 0 Å². The number of carbonyl (C=O) groups excluding carboxylic acids is 1. The third kappa shape index (κ3) is 3.61. The van der Waals surface area contributed by atoms with Crippen molar-refractivity contribution in [1.29, 1.82) is 0 Å². The predicted octanol–water partition coefficient (Wildman–Crippen LogP) is 3.26. The van der Waals surface area contributed by atoms with Crippen LogP contribution in [0.3, 0.4) is 0 Å². The Balaban J connectivity index is 2.03. The summed E-state index contributed by atoms with van der Waals surface area (Å²) in [6, 6.07) is 9.96. The first-order valence-electron chi connectivity index (χ1n) is 5.73. The predicted molar refractivity (Wildman–Crippen MR) is 76.4 cm³/mol. The average Bonchev–Trinajstić information content (AvgIpc) is 2.38. The van der Waals surface area contributed by atoms with Crippen LogP contribution in [0.4, 0.5) is 0 Å². The van der Waals surface area contributed by atoms with E-state index in [-0.39, 0.29) is 5.12 Å². The standard InChI is InChI=1S/C15H13NOS/c1-12(17)18-10-3-2-5-13-7-8-14-6-4-9-16-15(14)11-13/h4,6-9,11H,3,10H2,1H3. The Labute approximate surface area is 111 Å². The first-order chi connectivity index (χ1) is 8.75. The Bertz CT molecular complexity index is 625. The minimum atomic E-state index is 0.145. The molecule has 0 aliphatic carbocycles. The molecule has 2 aromatic rings. The number of fused-ring (bicyclic) bond motifs is 1.